The fourth-order valence-electron chi connectivity index (χ4n) is 1.09. The lowest BCUT2D eigenvalue weighted by Crippen LogP contribution is -2.17. The summed E-state index contributed by atoms with van der Waals surface area (Å²) in [6, 6.07) is 3.52. The molecule has 0 atom stereocenters. The Morgan fingerprint density at radius 3 is 2.61 bits per heavy atom. The zero-order valence-electron chi connectivity index (χ0n) is 9.04. The normalized spacial score (nSPS) is 10.4. The van der Waals surface area contributed by atoms with E-state index in [4.69, 9.17) is 11.5 Å². The monoisotopic (exact) mass is 258 g/mol. The van der Waals surface area contributed by atoms with Gasteiger partial charge in [-0.05, 0) is 18.2 Å². The number of anilines is 1. The number of carbonyl (C=O) groups excluding carboxylic acids is 1. The maximum atomic E-state index is 12.1. The fraction of sp³-hybridized carbons (Fsp3) is 0.182. The van der Waals surface area contributed by atoms with E-state index in [0.29, 0.717) is 0 Å². The molecule has 4 N–H and O–H groups in total. The smallest absolute Gasteiger partial charge is 0.404 e. The number of hydrogen-bond donors (Lipinski definition) is 2. The summed E-state index contributed by atoms with van der Waals surface area (Å²) in [6.07, 6.45) is -5.09. The van der Waals surface area contributed by atoms with Crippen LogP contribution in [0.4, 0.5) is 18.9 Å². The number of ether oxygens (including phenoxy) is 1. The molecule has 1 amide bonds. The van der Waals surface area contributed by atoms with Gasteiger partial charge in [0.25, 0.3) is 0 Å². The quantitative estimate of drug-likeness (QED) is 0.621. The van der Waals surface area contributed by atoms with Gasteiger partial charge in [-0.15, -0.1) is 13.2 Å². The summed E-state index contributed by atoms with van der Waals surface area (Å²) in [7, 11) is 0. The Balaban J connectivity index is 3.03. The molecule has 0 spiro atoms. The molecule has 0 radical (unpaired) electrons. The number of halogens is 3. The molecular formula is C11H9F3N2O2. The average Bonchev–Trinajstić information content (AvgIpc) is 2.19. The SMILES string of the molecule is NC(=O)CC#Cc1cc(N)ccc1OC(F)(F)F. The largest absolute Gasteiger partial charge is 0.573 e. The molecule has 0 saturated carbocycles. The van der Waals surface area contributed by atoms with E-state index in [9.17, 15) is 18.0 Å². The van der Waals surface area contributed by atoms with Gasteiger partial charge in [0.05, 0.1) is 12.0 Å². The Hall–Kier alpha value is -2.36. The van der Waals surface area contributed by atoms with E-state index in [-0.39, 0.29) is 17.7 Å². The molecule has 0 fully saturated rings. The van der Waals surface area contributed by atoms with Gasteiger partial charge in [-0.2, -0.15) is 0 Å². The highest BCUT2D eigenvalue weighted by Crippen LogP contribution is 2.27. The van der Waals surface area contributed by atoms with Gasteiger partial charge in [-0.25, -0.2) is 0 Å². The second kappa shape index (κ2) is 5.31. The lowest BCUT2D eigenvalue weighted by atomic mass is 10.2. The molecule has 0 aliphatic heterocycles. The van der Waals surface area contributed by atoms with E-state index < -0.39 is 18.0 Å². The summed E-state index contributed by atoms with van der Waals surface area (Å²) in [5.41, 5.74) is 10.4. The first-order chi connectivity index (χ1) is 8.28. The van der Waals surface area contributed by atoms with Crippen molar-refractivity contribution in [1.82, 2.24) is 0 Å². The Kier molecular flexibility index (Phi) is 4.05. The van der Waals surface area contributed by atoms with Crippen molar-refractivity contribution in [1.29, 1.82) is 0 Å². The molecule has 0 bridgehead atoms. The molecule has 0 aromatic heterocycles. The van der Waals surface area contributed by atoms with Crippen LogP contribution in [0.3, 0.4) is 0 Å². The van der Waals surface area contributed by atoms with E-state index in [1.54, 1.807) is 0 Å². The van der Waals surface area contributed by atoms with Gasteiger partial charge in [0, 0.05) is 5.69 Å². The van der Waals surface area contributed by atoms with Crippen LogP contribution in [0.25, 0.3) is 0 Å². The predicted octanol–water partition coefficient (Wildman–Crippen LogP) is 1.39. The highest BCUT2D eigenvalue weighted by atomic mass is 19.4. The number of benzene rings is 1. The zero-order valence-corrected chi connectivity index (χ0v) is 9.04. The van der Waals surface area contributed by atoms with Gasteiger partial charge < -0.3 is 16.2 Å². The minimum Gasteiger partial charge on any atom is -0.404 e. The van der Waals surface area contributed by atoms with Crippen LogP contribution < -0.4 is 16.2 Å². The molecule has 18 heavy (non-hydrogen) atoms. The maximum absolute atomic E-state index is 12.1. The molecule has 96 valence electrons. The average molecular weight is 258 g/mol. The third kappa shape index (κ3) is 4.65. The number of primary amides is 1. The van der Waals surface area contributed by atoms with Crippen LogP contribution in [0.1, 0.15) is 12.0 Å². The Morgan fingerprint density at radius 1 is 1.39 bits per heavy atom. The van der Waals surface area contributed by atoms with E-state index in [0.717, 1.165) is 6.07 Å². The lowest BCUT2D eigenvalue weighted by Gasteiger charge is -2.10. The number of hydrogen-bond acceptors (Lipinski definition) is 3. The molecular weight excluding hydrogens is 249 g/mol. The number of nitrogen functional groups attached to an aromatic ring is 1. The van der Waals surface area contributed by atoms with Crippen molar-refractivity contribution < 1.29 is 22.7 Å². The van der Waals surface area contributed by atoms with Crippen molar-refractivity contribution in [2.45, 2.75) is 12.8 Å². The number of rotatable bonds is 2. The number of amides is 1. The molecule has 0 aliphatic rings. The highest BCUT2D eigenvalue weighted by Gasteiger charge is 2.31. The second-order valence-electron chi connectivity index (χ2n) is 3.25. The van der Waals surface area contributed by atoms with Gasteiger partial charge >= 0.3 is 6.36 Å². The van der Waals surface area contributed by atoms with E-state index in [1.165, 1.54) is 12.1 Å². The molecule has 0 heterocycles. The Bertz CT molecular complexity index is 515. The van der Waals surface area contributed by atoms with Gasteiger partial charge in [0.2, 0.25) is 5.91 Å². The number of alkyl halides is 3. The standard InChI is InChI=1S/C11H9F3N2O2/c12-11(13,14)18-9-5-4-8(15)6-7(9)2-1-3-10(16)17/h4-6H,3,15H2,(H2,16,17). The molecule has 1 rings (SSSR count). The third-order valence-corrected chi connectivity index (χ3v) is 1.71. The van der Waals surface area contributed by atoms with Crippen LogP contribution in [0.15, 0.2) is 18.2 Å². The topological polar surface area (TPSA) is 78.3 Å². The van der Waals surface area contributed by atoms with Crippen LogP contribution in [-0.2, 0) is 4.79 Å². The first kappa shape index (κ1) is 13.7. The number of nitrogens with two attached hydrogens (primary N) is 2. The van der Waals surface area contributed by atoms with E-state index in [1.807, 2.05) is 0 Å². The summed E-state index contributed by atoms with van der Waals surface area (Å²) in [6.45, 7) is 0. The molecule has 0 aliphatic carbocycles. The molecule has 1 aromatic carbocycles. The Labute approximate surface area is 101 Å². The minimum absolute atomic E-state index is 0.0615. The van der Waals surface area contributed by atoms with Crippen molar-refractivity contribution in [2.75, 3.05) is 5.73 Å². The van der Waals surface area contributed by atoms with Crippen molar-refractivity contribution in [3.63, 3.8) is 0 Å². The van der Waals surface area contributed by atoms with Crippen LogP contribution in [0, 0.1) is 11.8 Å². The minimum atomic E-state index is -4.82. The van der Waals surface area contributed by atoms with Crippen LogP contribution in [-0.4, -0.2) is 12.3 Å². The number of carbonyl (C=O) groups is 1. The fourth-order valence-corrected chi connectivity index (χ4v) is 1.09. The molecule has 0 unspecified atom stereocenters. The summed E-state index contributed by atoms with van der Waals surface area (Å²) >= 11 is 0. The lowest BCUT2D eigenvalue weighted by molar-refractivity contribution is -0.274. The molecule has 4 nitrogen and oxygen atoms in total. The predicted molar refractivity (Wildman–Crippen MR) is 58.2 cm³/mol. The maximum Gasteiger partial charge on any atom is 0.573 e. The van der Waals surface area contributed by atoms with Crippen LogP contribution >= 0.6 is 0 Å². The molecule has 7 heteroatoms. The molecule has 1 aromatic rings. The zero-order chi connectivity index (χ0) is 13.8. The van der Waals surface area contributed by atoms with E-state index >= 15 is 0 Å². The van der Waals surface area contributed by atoms with Gasteiger partial charge in [0.1, 0.15) is 5.75 Å². The summed E-state index contributed by atoms with van der Waals surface area (Å²) in [5.74, 6) is 3.52. The van der Waals surface area contributed by atoms with Gasteiger partial charge in [-0.1, -0.05) is 11.8 Å². The van der Waals surface area contributed by atoms with Crippen molar-refractivity contribution in [3.05, 3.63) is 23.8 Å². The van der Waals surface area contributed by atoms with E-state index in [2.05, 4.69) is 16.6 Å². The van der Waals surface area contributed by atoms with Crippen molar-refractivity contribution in [2.24, 2.45) is 5.73 Å². The Morgan fingerprint density at radius 2 is 2.06 bits per heavy atom. The first-order valence-electron chi connectivity index (χ1n) is 4.70. The summed E-state index contributed by atoms with van der Waals surface area (Å²) < 4.78 is 40.1. The summed E-state index contributed by atoms with van der Waals surface area (Å²) in [4.78, 5) is 10.5. The van der Waals surface area contributed by atoms with Crippen LogP contribution in [0.5, 0.6) is 5.75 Å². The highest BCUT2D eigenvalue weighted by molar-refractivity contribution is 5.76. The van der Waals surface area contributed by atoms with Gasteiger partial charge in [-0.3, -0.25) is 4.79 Å². The molecule has 0 saturated heterocycles. The third-order valence-electron chi connectivity index (χ3n) is 1.71. The van der Waals surface area contributed by atoms with Crippen LogP contribution in [0.2, 0.25) is 0 Å². The van der Waals surface area contributed by atoms with Crippen molar-refractivity contribution >= 4 is 11.6 Å². The van der Waals surface area contributed by atoms with Gasteiger partial charge in [0.15, 0.2) is 0 Å². The second-order valence-corrected chi connectivity index (χ2v) is 3.25. The van der Waals surface area contributed by atoms with Crippen molar-refractivity contribution in [3.8, 4) is 17.6 Å². The summed E-state index contributed by atoms with van der Waals surface area (Å²) in [5, 5.41) is 0. The first-order valence-corrected chi connectivity index (χ1v) is 4.70.